The van der Waals surface area contributed by atoms with E-state index in [0.29, 0.717) is 12.1 Å². The number of rotatable bonds is 9. The van der Waals surface area contributed by atoms with E-state index in [-0.39, 0.29) is 0 Å². The molecule has 0 aliphatic rings. The molecule has 3 heteroatoms. The fraction of sp³-hybridized carbons (Fsp3) is 0.812. The second kappa shape index (κ2) is 8.70. The monoisotopic (exact) mass is 282 g/mol. The van der Waals surface area contributed by atoms with E-state index in [2.05, 4.69) is 39.9 Å². The van der Waals surface area contributed by atoms with Gasteiger partial charge in [0.05, 0.1) is 11.7 Å². The molecule has 2 nitrogen and oxygen atoms in total. The van der Waals surface area contributed by atoms with Gasteiger partial charge in [0.1, 0.15) is 5.01 Å². The fourth-order valence-corrected chi connectivity index (χ4v) is 3.30. The van der Waals surface area contributed by atoms with Gasteiger partial charge in [0, 0.05) is 10.9 Å². The van der Waals surface area contributed by atoms with Crippen molar-refractivity contribution in [1.82, 2.24) is 10.3 Å². The molecule has 19 heavy (non-hydrogen) atoms. The zero-order valence-corrected chi connectivity index (χ0v) is 14.1. The van der Waals surface area contributed by atoms with Crippen molar-refractivity contribution >= 4 is 11.3 Å². The number of hydrogen-bond acceptors (Lipinski definition) is 3. The van der Waals surface area contributed by atoms with Crippen LogP contribution in [0.2, 0.25) is 0 Å². The summed E-state index contributed by atoms with van der Waals surface area (Å²) in [7, 11) is 0. The van der Waals surface area contributed by atoms with Crippen molar-refractivity contribution in [2.45, 2.75) is 85.2 Å². The average Bonchev–Trinajstić information content (AvgIpc) is 2.67. The molecule has 0 aromatic carbocycles. The fourth-order valence-electron chi connectivity index (χ4n) is 2.28. The number of nitrogens with zero attached hydrogens (tertiary/aromatic N) is 1. The number of thiazole rings is 1. The first-order valence-corrected chi connectivity index (χ1v) is 8.56. The third-order valence-corrected chi connectivity index (χ3v) is 4.66. The molecule has 0 aliphatic carbocycles. The van der Waals surface area contributed by atoms with Gasteiger partial charge in [0.15, 0.2) is 0 Å². The second-order valence-corrected chi connectivity index (χ2v) is 7.01. The lowest BCUT2D eigenvalue weighted by molar-refractivity contribution is 0.430. The highest BCUT2D eigenvalue weighted by atomic mass is 32.1. The molecule has 1 N–H and O–H groups in total. The predicted octanol–water partition coefficient (Wildman–Crippen LogP) is 5.16. The van der Waals surface area contributed by atoms with Gasteiger partial charge in [-0.1, -0.05) is 52.9 Å². The van der Waals surface area contributed by atoms with Gasteiger partial charge in [-0.25, -0.2) is 4.98 Å². The molecular formula is C16H30N2S. The largest absolute Gasteiger partial charge is 0.306 e. The number of hydrogen-bond donors (Lipinski definition) is 1. The van der Waals surface area contributed by atoms with Gasteiger partial charge in [-0.2, -0.15) is 0 Å². The summed E-state index contributed by atoms with van der Waals surface area (Å²) in [5, 5.41) is 4.95. The van der Waals surface area contributed by atoms with Crippen LogP contribution in [-0.2, 0) is 0 Å². The zero-order chi connectivity index (χ0) is 14.3. The first kappa shape index (κ1) is 16.6. The van der Waals surface area contributed by atoms with Crippen molar-refractivity contribution in [3.05, 3.63) is 15.6 Å². The van der Waals surface area contributed by atoms with Gasteiger partial charge in [-0.3, -0.25) is 0 Å². The Kier molecular flexibility index (Phi) is 7.62. The van der Waals surface area contributed by atoms with Crippen molar-refractivity contribution < 1.29 is 0 Å². The summed E-state index contributed by atoms with van der Waals surface area (Å²) in [5.74, 6) is 0. The van der Waals surface area contributed by atoms with Crippen molar-refractivity contribution in [3.8, 4) is 0 Å². The minimum atomic E-state index is 0.444. The number of aromatic nitrogens is 1. The SMILES string of the molecule is CCCCCCCC(NC(C)C)c1nc(C)c(C)s1. The molecule has 0 saturated heterocycles. The van der Waals surface area contributed by atoms with Crippen LogP contribution < -0.4 is 5.32 Å². The molecule has 1 aromatic rings. The van der Waals surface area contributed by atoms with E-state index in [9.17, 15) is 0 Å². The molecule has 1 aromatic heterocycles. The molecule has 1 atom stereocenters. The summed E-state index contributed by atoms with van der Waals surface area (Å²) in [5.41, 5.74) is 1.20. The minimum Gasteiger partial charge on any atom is -0.306 e. The summed E-state index contributed by atoms with van der Waals surface area (Å²) in [6.45, 7) is 11.0. The second-order valence-electron chi connectivity index (χ2n) is 5.77. The Morgan fingerprint density at radius 2 is 1.79 bits per heavy atom. The summed E-state index contributed by atoms with van der Waals surface area (Å²) >= 11 is 1.86. The molecule has 1 rings (SSSR count). The van der Waals surface area contributed by atoms with E-state index in [1.807, 2.05) is 11.3 Å². The van der Waals surface area contributed by atoms with E-state index in [4.69, 9.17) is 4.98 Å². The molecule has 0 aliphatic heterocycles. The Labute approximate surface area is 123 Å². The maximum atomic E-state index is 4.73. The normalized spacial score (nSPS) is 13.2. The molecule has 110 valence electrons. The first-order chi connectivity index (χ1) is 9.04. The lowest BCUT2D eigenvalue weighted by Crippen LogP contribution is -2.28. The summed E-state index contributed by atoms with van der Waals surface area (Å²) in [4.78, 5) is 6.09. The van der Waals surface area contributed by atoms with Gasteiger partial charge < -0.3 is 5.32 Å². The van der Waals surface area contributed by atoms with Crippen LogP contribution in [0.3, 0.4) is 0 Å². The van der Waals surface area contributed by atoms with Crippen LogP contribution in [0.15, 0.2) is 0 Å². The first-order valence-electron chi connectivity index (χ1n) is 7.74. The third kappa shape index (κ3) is 6.05. The van der Waals surface area contributed by atoms with E-state index in [1.54, 1.807) is 0 Å². The summed E-state index contributed by atoms with van der Waals surface area (Å²) in [6, 6.07) is 0.962. The smallest absolute Gasteiger partial charge is 0.110 e. The van der Waals surface area contributed by atoms with E-state index in [0.717, 1.165) is 0 Å². The molecule has 0 radical (unpaired) electrons. The Morgan fingerprint density at radius 3 is 2.32 bits per heavy atom. The topological polar surface area (TPSA) is 24.9 Å². The van der Waals surface area contributed by atoms with E-state index < -0.39 is 0 Å². The van der Waals surface area contributed by atoms with Crippen molar-refractivity contribution in [3.63, 3.8) is 0 Å². The van der Waals surface area contributed by atoms with Gasteiger partial charge in [0.25, 0.3) is 0 Å². The van der Waals surface area contributed by atoms with Crippen LogP contribution >= 0.6 is 11.3 Å². The Morgan fingerprint density at radius 1 is 1.11 bits per heavy atom. The van der Waals surface area contributed by atoms with Crippen molar-refractivity contribution in [2.75, 3.05) is 0 Å². The predicted molar refractivity (Wildman–Crippen MR) is 86.0 cm³/mol. The lowest BCUT2D eigenvalue weighted by atomic mass is 10.1. The Hall–Kier alpha value is -0.410. The van der Waals surface area contributed by atoms with Gasteiger partial charge in [-0.15, -0.1) is 11.3 Å². The average molecular weight is 282 g/mol. The Balaban J connectivity index is 2.52. The van der Waals surface area contributed by atoms with Crippen LogP contribution in [0.4, 0.5) is 0 Å². The quantitative estimate of drug-likeness (QED) is 0.633. The maximum absolute atomic E-state index is 4.73. The van der Waals surface area contributed by atoms with Gasteiger partial charge >= 0.3 is 0 Å². The minimum absolute atomic E-state index is 0.444. The number of unbranched alkanes of at least 4 members (excludes halogenated alkanes) is 4. The number of aryl methyl sites for hydroxylation is 2. The number of nitrogens with one attached hydrogen (secondary N) is 1. The molecule has 0 spiro atoms. The van der Waals surface area contributed by atoms with Gasteiger partial charge in [-0.05, 0) is 20.3 Å². The molecule has 1 heterocycles. The van der Waals surface area contributed by atoms with Crippen LogP contribution in [-0.4, -0.2) is 11.0 Å². The van der Waals surface area contributed by atoms with Gasteiger partial charge in [0.2, 0.25) is 0 Å². The third-order valence-electron chi connectivity index (χ3n) is 3.47. The highest BCUT2D eigenvalue weighted by Crippen LogP contribution is 2.27. The van der Waals surface area contributed by atoms with Crippen molar-refractivity contribution in [2.24, 2.45) is 0 Å². The zero-order valence-electron chi connectivity index (χ0n) is 13.3. The molecule has 0 fully saturated rings. The lowest BCUT2D eigenvalue weighted by Gasteiger charge is -2.19. The molecule has 1 unspecified atom stereocenters. The highest BCUT2D eigenvalue weighted by molar-refractivity contribution is 7.11. The molecule has 0 saturated carbocycles. The van der Waals surface area contributed by atoms with Crippen LogP contribution in [0.25, 0.3) is 0 Å². The van der Waals surface area contributed by atoms with E-state index >= 15 is 0 Å². The summed E-state index contributed by atoms with van der Waals surface area (Å²) in [6.07, 6.45) is 7.95. The summed E-state index contributed by atoms with van der Waals surface area (Å²) < 4.78 is 0. The standard InChI is InChI=1S/C16H30N2S/c1-6-7-8-9-10-11-15(17-12(2)3)16-18-13(4)14(5)19-16/h12,15,17H,6-11H2,1-5H3. The highest BCUT2D eigenvalue weighted by Gasteiger charge is 2.16. The van der Waals surface area contributed by atoms with Crippen LogP contribution in [0.5, 0.6) is 0 Å². The Bertz CT molecular complexity index is 338. The molecule has 0 amide bonds. The van der Waals surface area contributed by atoms with E-state index in [1.165, 1.54) is 54.1 Å². The maximum Gasteiger partial charge on any atom is 0.110 e. The van der Waals surface area contributed by atoms with Crippen LogP contribution in [0, 0.1) is 13.8 Å². The van der Waals surface area contributed by atoms with Crippen molar-refractivity contribution in [1.29, 1.82) is 0 Å². The molecular weight excluding hydrogens is 252 g/mol. The molecule has 0 bridgehead atoms. The van der Waals surface area contributed by atoms with Crippen LogP contribution in [0.1, 0.15) is 80.9 Å².